The van der Waals surface area contributed by atoms with Gasteiger partial charge in [-0.25, -0.2) is 8.42 Å². The SMILES string of the molecule is CCc1cccc(CC)c1NC(=O)c1cccc(N(C)S(C)(=O)=O)c1C. The smallest absolute Gasteiger partial charge is 0.256 e. The number of anilines is 2. The lowest BCUT2D eigenvalue weighted by Gasteiger charge is -2.21. The molecule has 0 bridgehead atoms. The summed E-state index contributed by atoms with van der Waals surface area (Å²) in [6, 6.07) is 11.1. The number of nitrogens with zero attached hydrogens (tertiary/aromatic N) is 1. The van der Waals surface area contributed by atoms with Gasteiger partial charge in [0.15, 0.2) is 0 Å². The highest BCUT2D eigenvalue weighted by atomic mass is 32.2. The van der Waals surface area contributed by atoms with Crippen LogP contribution in [0.25, 0.3) is 0 Å². The molecular formula is C20H26N2O3S. The lowest BCUT2D eigenvalue weighted by atomic mass is 10.0. The molecular weight excluding hydrogens is 348 g/mol. The van der Waals surface area contributed by atoms with E-state index in [0.717, 1.165) is 35.9 Å². The average Bonchev–Trinajstić information content (AvgIpc) is 2.60. The molecule has 0 aliphatic carbocycles. The molecule has 0 atom stereocenters. The molecule has 0 heterocycles. The van der Waals surface area contributed by atoms with Crippen LogP contribution in [-0.4, -0.2) is 27.6 Å². The Morgan fingerprint density at radius 3 is 2.08 bits per heavy atom. The molecule has 5 nitrogen and oxygen atoms in total. The molecule has 0 fully saturated rings. The van der Waals surface area contributed by atoms with Crippen LogP contribution >= 0.6 is 0 Å². The summed E-state index contributed by atoms with van der Waals surface area (Å²) in [4.78, 5) is 12.9. The Hall–Kier alpha value is -2.34. The van der Waals surface area contributed by atoms with Crippen molar-refractivity contribution in [2.24, 2.45) is 0 Å². The number of carbonyl (C=O) groups is 1. The molecule has 0 unspecified atom stereocenters. The Morgan fingerprint density at radius 2 is 1.58 bits per heavy atom. The number of amides is 1. The average molecular weight is 375 g/mol. The highest BCUT2D eigenvalue weighted by molar-refractivity contribution is 7.92. The summed E-state index contributed by atoms with van der Waals surface area (Å²) in [7, 11) is -1.91. The summed E-state index contributed by atoms with van der Waals surface area (Å²) in [5.41, 5.74) is 4.61. The second kappa shape index (κ2) is 7.91. The van der Waals surface area contributed by atoms with Crippen molar-refractivity contribution in [3.8, 4) is 0 Å². The fraction of sp³-hybridized carbons (Fsp3) is 0.350. The van der Waals surface area contributed by atoms with Crippen LogP contribution in [0, 0.1) is 6.92 Å². The first kappa shape index (κ1) is 20.0. The predicted octanol–water partition coefficient (Wildman–Crippen LogP) is 3.77. The largest absolute Gasteiger partial charge is 0.321 e. The van der Waals surface area contributed by atoms with Gasteiger partial charge in [-0.3, -0.25) is 9.10 Å². The summed E-state index contributed by atoms with van der Waals surface area (Å²) >= 11 is 0. The standard InChI is InChI=1S/C20H26N2O3S/c1-6-15-10-8-11-16(7-2)19(15)21-20(23)17-12-9-13-18(14(17)3)22(4)26(5,24)25/h8-13H,6-7H2,1-5H3,(H,21,23). The molecule has 0 aliphatic rings. The molecule has 0 spiro atoms. The fourth-order valence-electron chi connectivity index (χ4n) is 2.97. The Bertz CT molecular complexity index is 898. The number of para-hydroxylation sites is 1. The monoisotopic (exact) mass is 374 g/mol. The van der Waals surface area contributed by atoms with Gasteiger partial charge in [0.05, 0.1) is 11.9 Å². The van der Waals surface area contributed by atoms with E-state index in [-0.39, 0.29) is 5.91 Å². The highest BCUT2D eigenvalue weighted by Crippen LogP contribution is 2.27. The van der Waals surface area contributed by atoms with Gasteiger partial charge in [-0.15, -0.1) is 0 Å². The lowest BCUT2D eigenvalue weighted by molar-refractivity contribution is 0.102. The van der Waals surface area contributed by atoms with Gasteiger partial charge in [-0.05, 0) is 48.6 Å². The van der Waals surface area contributed by atoms with E-state index >= 15 is 0 Å². The van der Waals surface area contributed by atoms with Gasteiger partial charge in [0.25, 0.3) is 5.91 Å². The molecule has 0 aromatic heterocycles. The topological polar surface area (TPSA) is 66.5 Å². The molecule has 26 heavy (non-hydrogen) atoms. The van der Waals surface area contributed by atoms with Gasteiger partial charge >= 0.3 is 0 Å². The second-order valence-electron chi connectivity index (χ2n) is 6.29. The Morgan fingerprint density at radius 1 is 1.04 bits per heavy atom. The fourth-order valence-corrected chi connectivity index (χ4v) is 3.53. The van der Waals surface area contributed by atoms with Crippen molar-refractivity contribution in [3.63, 3.8) is 0 Å². The zero-order valence-electron chi connectivity index (χ0n) is 16.0. The number of hydrogen-bond acceptors (Lipinski definition) is 3. The van der Waals surface area contributed by atoms with Crippen LogP contribution in [0.4, 0.5) is 11.4 Å². The van der Waals surface area contributed by atoms with E-state index in [0.29, 0.717) is 16.8 Å². The number of sulfonamides is 1. The van der Waals surface area contributed by atoms with Crippen molar-refractivity contribution < 1.29 is 13.2 Å². The minimum atomic E-state index is -3.40. The summed E-state index contributed by atoms with van der Waals surface area (Å²) in [5.74, 6) is -0.234. The Labute approximate surface area is 156 Å². The first-order valence-corrected chi connectivity index (χ1v) is 10.5. The van der Waals surface area contributed by atoms with Crippen molar-refractivity contribution in [1.29, 1.82) is 0 Å². The van der Waals surface area contributed by atoms with Crippen molar-refractivity contribution in [1.82, 2.24) is 0 Å². The zero-order chi connectivity index (χ0) is 19.5. The normalized spacial score (nSPS) is 11.3. The van der Waals surface area contributed by atoms with Gasteiger partial charge in [-0.2, -0.15) is 0 Å². The van der Waals surface area contributed by atoms with E-state index < -0.39 is 10.0 Å². The van der Waals surface area contributed by atoms with Crippen LogP contribution in [0.2, 0.25) is 0 Å². The van der Waals surface area contributed by atoms with E-state index in [1.165, 1.54) is 11.4 Å². The van der Waals surface area contributed by atoms with Crippen molar-refractivity contribution in [2.75, 3.05) is 22.9 Å². The van der Waals surface area contributed by atoms with Crippen LogP contribution in [-0.2, 0) is 22.9 Å². The van der Waals surface area contributed by atoms with E-state index in [4.69, 9.17) is 0 Å². The second-order valence-corrected chi connectivity index (χ2v) is 8.31. The first-order valence-electron chi connectivity index (χ1n) is 8.66. The third kappa shape index (κ3) is 4.07. The molecule has 6 heteroatoms. The van der Waals surface area contributed by atoms with E-state index in [9.17, 15) is 13.2 Å². The third-order valence-electron chi connectivity index (χ3n) is 4.62. The van der Waals surface area contributed by atoms with Crippen molar-refractivity contribution in [3.05, 3.63) is 58.7 Å². The van der Waals surface area contributed by atoms with E-state index in [1.807, 2.05) is 18.2 Å². The van der Waals surface area contributed by atoms with Gasteiger partial charge in [0.1, 0.15) is 0 Å². The summed E-state index contributed by atoms with van der Waals surface area (Å²) in [6.45, 7) is 5.87. The summed E-state index contributed by atoms with van der Waals surface area (Å²) in [5, 5.41) is 3.04. The molecule has 2 aromatic rings. The maximum atomic E-state index is 12.9. The van der Waals surface area contributed by atoms with Gasteiger partial charge in [0.2, 0.25) is 10.0 Å². The zero-order valence-corrected chi connectivity index (χ0v) is 16.8. The minimum Gasteiger partial charge on any atom is -0.321 e. The number of benzene rings is 2. The van der Waals surface area contributed by atoms with E-state index in [2.05, 4.69) is 19.2 Å². The number of nitrogens with one attached hydrogen (secondary N) is 1. The Kier molecular flexibility index (Phi) is 6.08. The molecule has 0 saturated heterocycles. The molecule has 140 valence electrons. The predicted molar refractivity (Wildman–Crippen MR) is 108 cm³/mol. The van der Waals surface area contributed by atoms with Crippen LogP contribution < -0.4 is 9.62 Å². The maximum absolute atomic E-state index is 12.9. The molecule has 1 N–H and O–H groups in total. The lowest BCUT2D eigenvalue weighted by Crippen LogP contribution is -2.26. The quantitative estimate of drug-likeness (QED) is 0.837. The molecule has 0 aliphatic heterocycles. The van der Waals surface area contributed by atoms with Gasteiger partial charge < -0.3 is 5.32 Å². The van der Waals surface area contributed by atoms with Crippen molar-refractivity contribution in [2.45, 2.75) is 33.6 Å². The molecule has 0 saturated carbocycles. The number of aryl methyl sites for hydroxylation is 2. The molecule has 2 rings (SSSR count). The van der Waals surface area contributed by atoms with Gasteiger partial charge in [0, 0.05) is 18.3 Å². The van der Waals surface area contributed by atoms with Crippen LogP contribution in [0.5, 0.6) is 0 Å². The molecule has 2 aromatic carbocycles. The van der Waals surface area contributed by atoms with E-state index in [1.54, 1.807) is 25.1 Å². The van der Waals surface area contributed by atoms with Crippen molar-refractivity contribution >= 4 is 27.3 Å². The molecule has 0 radical (unpaired) electrons. The van der Waals surface area contributed by atoms with Crippen LogP contribution in [0.3, 0.4) is 0 Å². The third-order valence-corrected chi connectivity index (χ3v) is 5.82. The Balaban J connectivity index is 2.44. The van der Waals surface area contributed by atoms with Gasteiger partial charge in [-0.1, -0.05) is 38.1 Å². The number of hydrogen-bond donors (Lipinski definition) is 1. The number of rotatable bonds is 6. The molecule has 1 amide bonds. The first-order chi connectivity index (χ1) is 12.2. The summed E-state index contributed by atoms with van der Waals surface area (Å²) in [6.07, 6.45) is 2.78. The minimum absolute atomic E-state index is 0.234. The summed E-state index contributed by atoms with van der Waals surface area (Å²) < 4.78 is 24.9. The highest BCUT2D eigenvalue weighted by Gasteiger charge is 2.19. The van der Waals surface area contributed by atoms with Crippen LogP contribution in [0.1, 0.15) is 40.9 Å². The van der Waals surface area contributed by atoms with Crippen LogP contribution in [0.15, 0.2) is 36.4 Å². The number of carbonyl (C=O) groups excluding carboxylic acids is 1. The maximum Gasteiger partial charge on any atom is 0.256 e.